The molecular formula is C16H30N2. The largest absolute Gasteiger partial charge is 0.308 e. The Morgan fingerprint density at radius 1 is 1.00 bits per heavy atom. The Morgan fingerprint density at radius 3 is 2.28 bits per heavy atom. The van der Waals surface area contributed by atoms with Gasteiger partial charge in [-0.3, -0.25) is 4.90 Å². The van der Waals surface area contributed by atoms with Crippen molar-refractivity contribution in [2.75, 3.05) is 13.1 Å². The molecule has 0 bridgehead atoms. The average Bonchev–Trinajstić information content (AvgIpc) is 3.18. The molecule has 0 aromatic carbocycles. The van der Waals surface area contributed by atoms with Gasteiger partial charge in [0.25, 0.3) is 0 Å². The molecular weight excluding hydrogens is 220 g/mol. The van der Waals surface area contributed by atoms with Crippen LogP contribution in [-0.2, 0) is 0 Å². The molecule has 3 aliphatic rings. The predicted octanol–water partition coefficient (Wildman–Crippen LogP) is 3.17. The van der Waals surface area contributed by atoms with E-state index in [1.54, 1.807) is 0 Å². The van der Waals surface area contributed by atoms with Gasteiger partial charge in [-0.1, -0.05) is 25.7 Å². The lowest BCUT2D eigenvalue weighted by Crippen LogP contribution is -2.65. The van der Waals surface area contributed by atoms with Crippen LogP contribution in [0.25, 0.3) is 0 Å². The number of rotatable bonds is 2. The summed E-state index contributed by atoms with van der Waals surface area (Å²) in [5.41, 5.74) is 0.415. The minimum Gasteiger partial charge on any atom is -0.308 e. The number of piperazine rings is 1. The average molecular weight is 250 g/mol. The van der Waals surface area contributed by atoms with Crippen molar-refractivity contribution in [2.45, 2.75) is 82.8 Å². The Balaban J connectivity index is 1.68. The van der Waals surface area contributed by atoms with Crippen LogP contribution in [0, 0.1) is 5.92 Å². The van der Waals surface area contributed by atoms with E-state index in [9.17, 15) is 0 Å². The van der Waals surface area contributed by atoms with E-state index in [0.717, 1.165) is 18.0 Å². The lowest BCUT2D eigenvalue weighted by Gasteiger charge is -2.49. The summed E-state index contributed by atoms with van der Waals surface area (Å²) in [6.07, 6.45) is 11.7. The molecule has 0 amide bonds. The maximum Gasteiger partial charge on any atom is 0.0309 e. The monoisotopic (exact) mass is 250 g/mol. The van der Waals surface area contributed by atoms with Gasteiger partial charge in [0.2, 0.25) is 0 Å². The van der Waals surface area contributed by atoms with E-state index < -0.39 is 0 Å². The SMILES string of the molecule is CC1CNC(C)(C2CC2)CN1C1CCCCCC1. The molecule has 1 N–H and O–H groups in total. The number of nitrogens with one attached hydrogen (secondary N) is 1. The molecule has 0 radical (unpaired) electrons. The summed E-state index contributed by atoms with van der Waals surface area (Å²) in [7, 11) is 0. The van der Waals surface area contributed by atoms with Crippen molar-refractivity contribution >= 4 is 0 Å². The van der Waals surface area contributed by atoms with Gasteiger partial charge in [-0.2, -0.15) is 0 Å². The van der Waals surface area contributed by atoms with Crippen molar-refractivity contribution in [3.05, 3.63) is 0 Å². The van der Waals surface area contributed by atoms with Crippen LogP contribution in [0.5, 0.6) is 0 Å². The highest BCUT2D eigenvalue weighted by atomic mass is 15.3. The smallest absolute Gasteiger partial charge is 0.0309 e. The van der Waals surface area contributed by atoms with Gasteiger partial charge in [0.1, 0.15) is 0 Å². The van der Waals surface area contributed by atoms with Gasteiger partial charge in [-0.05, 0) is 45.4 Å². The fourth-order valence-electron chi connectivity index (χ4n) is 4.16. The van der Waals surface area contributed by atoms with Crippen molar-refractivity contribution in [2.24, 2.45) is 5.92 Å². The summed E-state index contributed by atoms with van der Waals surface area (Å²) < 4.78 is 0. The van der Waals surface area contributed by atoms with E-state index in [1.807, 2.05) is 0 Å². The second-order valence-electron chi connectivity index (χ2n) is 7.24. The highest BCUT2D eigenvalue weighted by molar-refractivity contribution is 5.04. The molecule has 3 rings (SSSR count). The maximum atomic E-state index is 3.85. The lowest BCUT2D eigenvalue weighted by molar-refractivity contribution is 0.0401. The van der Waals surface area contributed by atoms with Crippen LogP contribution in [0.15, 0.2) is 0 Å². The summed E-state index contributed by atoms with van der Waals surface area (Å²) in [5.74, 6) is 0.957. The van der Waals surface area contributed by atoms with Crippen LogP contribution >= 0.6 is 0 Å². The zero-order valence-electron chi connectivity index (χ0n) is 12.3. The minimum atomic E-state index is 0.415. The Bertz CT molecular complexity index is 279. The molecule has 2 nitrogen and oxygen atoms in total. The predicted molar refractivity (Wildman–Crippen MR) is 76.8 cm³/mol. The van der Waals surface area contributed by atoms with Crippen molar-refractivity contribution in [1.82, 2.24) is 10.2 Å². The molecule has 0 aromatic heterocycles. The van der Waals surface area contributed by atoms with Gasteiger partial charge in [0.05, 0.1) is 0 Å². The van der Waals surface area contributed by atoms with E-state index in [2.05, 4.69) is 24.1 Å². The van der Waals surface area contributed by atoms with E-state index >= 15 is 0 Å². The highest BCUT2D eigenvalue weighted by Crippen LogP contribution is 2.42. The van der Waals surface area contributed by atoms with Crippen molar-refractivity contribution in [3.8, 4) is 0 Å². The second kappa shape index (κ2) is 5.13. The minimum absolute atomic E-state index is 0.415. The van der Waals surface area contributed by atoms with E-state index in [4.69, 9.17) is 0 Å². The standard InChI is InChI=1S/C16H30N2/c1-13-11-17-16(2,14-9-10-14)12-18(13)15-7-5-3-4-6-8-15/h13-15,17H,3-12H2,1-2H3. The third kappa shape index (κ3) is 2.60. The van der Waals surface area contributed by atoms with Crippen molar-refractivity contribution in [3.63, 3.8) is 0 Å². The Morgan fingerprint density at radius 2 is 1.67 bits per heavy atom. The van der Waals surface area contributed by atoms with Gasteiger partial charge in [-0.25, -0.2) is 0 Å². The molecule has 2 saturated carbocycles. The maximum absolute atomic E-state index is 3.85. The van der Waals surface area contributed by atoms with E-state index in [0.29, 0.717) is 5.54 Å². The lowest BCUT2D eigenvalue weighted by atomic mass is 9.89. The fourth-order valence-corrected chi connectivity index (χ4v) is 4.16. The number of nitrogens with zero attached hydrogens (tertiary/aromatic N) is 1. The third-order valence-electron chi connectivity index (χ3n) is 5.65. The van der Waals surface area contributed by atoms with Gasteiger partial charge < -0.3 is 5.32 Å². The van der Waals surface area contributed by atoms with Gasteiger partial charge >= 0.3 is 0 Å². The van der Waals surface area contributed by atoms with Crippen molar-refractivity contribution < 1.29 is 0 Å². The van der Waals surface area contributed by atoms with Crippen LogP contribution < -0.4 is 5.32 Å². The summed E-state index contributed by atoms with van der Waals surface area (Å²) in [6, 6.07) is 1.61. The van der Waals surface area contributed by atoms with Crippen LogP contribution in [-0.4, -0.2) is 35.6 Å². The van der Waals surface area contributed by atoms with Crippen LogP contribution in [0.1, 0.15) is 65.2 Å². The summed E-state index contributed by atoms with van der Waals surface area (Å²) in [6.45, 7) is 7.39. The molecule has 1 saturated heterocycles. The second-order valence-corrected chi connectivity index (χ2v) is 7.24. The first-order chi connectivity index (χ1) is 8.69. The number of hydrogen-bond donors (Lipinski definition) is 1. The van der Waals surface area contributed by atoms with E-state index in [1.165, 1.54) is 64.5 Å². The van der Waals surface area contributed by atoms with Crippen LogP contribution in [0.2, 0.25) is 0 Å². The molecule has 2 unspecified atom stereocenters. The first-order valence-corrected chi connectivity index (χ1v) is 8.20. The van der Waals surface area contributed by atoms with Crippen LogP contribution in [0.3, 0.4) is 0 Å². The third-order valence-corrected chi connectivity index (χ3v) is 5.65. The zero-order valence-corrected chi connectivity index (χ0v) is 12.3. The van der Waals surface area contributed by atoms with Gasteiger partial charge in [-0.15, -0.1) is 0 Å². The number of hydrogen-bond acceptors (Lipinski definition) is 2. The Labute approximate surface area is 113 Å². The molecule has 3 fully saturated rings. The topological polar surface area (TPSA) is 15.3 Å². The molecule has 0 aromatic rings. The van der Waals surface area contributed by atoms with Gasteiger partial charge in [0, 0.05) is 30.7 Å². The fraction of sp³-hybridized carbons (Fsp3) is 1.00. The first-order valence-electron chi connectivity index (χ1n) is 8.20. The van der Waals surface area contributed by atoms with Crippen LogP contribution in [0.4, 0.5) is 0 Å². The molecule has 2 aliphatic carbocycles. The molecule has 18 heavy (non-hydrogen) atoms. The van der Waals surface area contributed by atoms with Gasteiger partial charge in [0.15, 0.2) is 0 Å². The first kappa shape index (κ1) is 12.9. The molecule has 104 valence electrons. The zero-order chi connectivity index (χ0) is 12.6. The molecule has 2 atom stereocenters. The molecule has 1 aliphatic heterocycles. The Kier molecular flexibility index (Phi) is 3.68. The molecule has 2 heteroatoms. The van der Waals surface area contributed by atoms with E-state index in [-0.39, 0.29) is 0 Å². The summed E-state index contributed by atoms with van der Waals surface area (Å²) in [4.78, 5) is 2.86. The molecule has 0 spiro atoms. The molecule has 1 heterocycles. The van der Waals surface area contributed by atoms with Crippen molar-refractivity contribution in [1.29, 1.82) is 0 Å². The summed E-state index contributed by atoms with van der Waals surface area (Å²) >= 11 is 0. The normalized spacial score (nSPS) is 40.7. The summed E-state index contributed by atoms with van der Waals surface area (Å²) in [5, 5.41) is 3.85. The Hall–Kier alpha value is -0.0800. The quantitative estimate of drug-likeness (QED) is 0.757. The highest BCUT2D eigenvalue weighted by Gasteiger charge is 2.46.